The van der Waals surface area contributed by atoms with Gasteiger partial charge in [0.15, 0.2) is 0 Å². The number of benzene rings is 1. The molecule has 1 aromatic heterocycles. The number of anilines is 1. The third-order valence-electron chi connectivity index (χ3n) is 6.16. The molecule has 1 aliphatic heterocycles. The van der Waals surface area contributed by atoms with E-state index in [-0.39, 0.29) is 5.91 Å². The molecule has 0 radical (unpaired) electrons. The lowest BCUT2D eigenvalue weighted by molar-refractivity contribution is -0.117. The maximum atomic E-state index is 12.7. The Morgan fingerprint density at radius 2 is 1.77 bits per heavy atom. The Morgan fingerprint density at radius 1 is 1.07 bits per heavy atom. The van der Waals surface area contributed by atoms with Crippen molar-refractivity contribution in [1.29, 1.82) is 0 Å². The monoisotopic (exact) mass is 426 g/mol. The molecule has 2 amide bonds. The van der Waals surface area contributed by atoms with Crippen LogP contribution in [-0.4, -0.2) is 54.3 Å². The number of carbonyl (C=O) groups is 2. The van der Waals surface area contributed by atoms with Crippen LogP contribution in [0, 0.1) is 6.92 Å². The molecular formula is C23H30N4O2S. The first-order valence-corrected chi connectivity index (χ1v) is 11.6. The number of nitrogens with one attached hydrogen (secondary N) is 1. The van der Waals surface area contributed by atoms with Gasteiger partial charge in [0, 0.05) is 37.6 Å². The van der Waals surface area contributed by atoms with Crippen LogP contribution in [0.1, 0.15) is 44.8 Å². The zero-order valence-corrected chi connectivity index (χ0v) is 18.4. The Balaban J connectivity index is 1.31. The van der Waals surface area contributed by atoms with E-state index in [2.05, 4.69) is 46.3 Å². The molecule has 1 aromatic carbocycles. The summed E-state index contributed by atoms with van der Waals surface area (Å²) in [7, 11) is 0. The fourth-order valence-electron chi connectivity index (χ4n) is 4.42. The van der Waals surface area contributed by atoms with Gasteiger partial charge in [0.25, 0.3) is 5.91 Å². The summed E-state index contributed by atoms with van der Waals surface area (Å²) in [6.07, 6.45) is 4.05. The van der Waals surface area contributed by atoms with E-state index in [4.69, 9.17) is 5.73 Å². The van der Waals surface area contributed by atoms with Crippen molar-refractivity contribution in [3.8, 4) is 0 Å². The number of fused-ring (bicyclic) bond motifs is 1. The van der Waals surface area contributed by atoms with Gasteiger partial charge >= 0.3 is 0 Å². The molecule has 6 nitrogen and oxygen atoms in total. The molecule has 30 heavy (non-hydrogen) atoms. The molecular weight excluding hydrogens is 396 g/mol. The SMILES string of the molecule is Cc1ccccc1CN1CCN(CC(=O)Nc2sc3c(c2C(N)=O)CCCC3)CC1. The van der Waals surface area contributed by atoms with Crippen LogP contribution in [0.3, 0.4) is 0 Å². The Bertz CT molecular complexity index is 931. The summed E-state index contributed by atoms with van der Waals surface area (Å²) in [4.78, 5) is 30.5. The van der Waals surface area contributed by atoms with Crippen molar-refractivity contribution in [3.63, 3.8) is 0 Å². The van der Waals surface area contributed by atoms with Gasteiger partial charge in [-0.1, -0.05) is 24.3 Å². The van der Waals surface area contributed by atoms with Crippen molar-refractivity contribution < 1.29 is 9.59 Å². The number of nitrogens with zero attached hydrogens (tertiary/aromatic N) is 2. The molecule has 2 heterocycles. The highest BCUT2D eigenvalue weighted by Gasteiger charge is 2.26. The van der Waals surface area contributed by atoms with Gasteiger partial charge in [-0.3, -0.25) is 19.4 Å². The second-order valence-corrected chi connectivity index (χ2v) is 9.41. The first-order chi connectivity index (χ1) is 14.5. The third-order valence-corrected chi connectivity index (χ3v) is 7.37. The van der Waals surface area contributed by atoms with Crippen LogP contribution in [0.5, 0.6) is 0 Å². The van der Waals surface area contributed by atoms with Crippen molar-refractivity contribution in [2.24, 2.45) is 5.73 Å². The Labute approximate surface area is 182 Å². The summed E-state index contributed by atoms with van der Waals surface area (Å²) >= 11 is 1.52. The number of hydrogen-bond acceptors (Lipinski definition) is 5. The fraction of sp³-hybridized carbons (Fsp3) is 0.478. The summed E-state index contributed by atoms with van der Waals surface area (Å²) in [5.41, 5.74) is 9.91. The summed E-state index contributed by atoms with van der Waals surface area (Å²) in [6.45, 7) is 7.07. The van der Waals surface area contributed by atoms with Crippen LogP contribution in [0.25, 0.3) is 0 Å². The highest BCUT2D eigenvalue weighted by atomic mass is 32.1. The molecule has 1 saturated heterocycles. The van der Waals surface area contributed by atoms with E-state index >= 15 is 0 Å². The second-order valence-electron chi connectivity index (χ2n) is 8.31. The minimum atomic E-state index is -0.436. The van der Waals surface area contributed by atoms with E-state index in [9.17, 15) is 9.59 Å². The zero-order chi connectivity index (χ0) is 21.1. The van der Waals surface area contributed by atoms with Gasteiger partial charge in [-0.25, -0.2) is 0 Å². The minimum Gasteiger partial charge on any atom is -0.365 e. The van der Waals surface area contributed by atoms with Gasteiger partial charge in [0.05, 0.1) is 12.1 Å². The van der Waals surface area contributed by atoms with Crippen molar-refractivity contribution in [2.45, 2.75) is 39.2 Å². The topological polar surface area (TPSA) is 78.7 Å². The molecule has 3 N–H and O–H groups in total. The van der Waals surface area contributed by atoms with E-state index in [1.165, 1.54) is 27.3 Å². The van der Waals surface area contributed by atoms with Gasteiger partial charge in [0.2, 0.25) is 5.91 Å². The second kappa shape index (κ2) is 9.29. The van der Waals surface area contributed by atoms with Crippen molar-refractivity contribution in [2.75, 3.05) is 38.0 Å². The first-order valence-electron chi connectivity index (χ1n) is 10.7. The van der Waals surface area contributed by atoms with Gasteiger partial charge in [-0.05, 0) is 49.3 Å². The minimum absolute atomic E-state index is 0.0662. The number of primary amides is 1. The lowest BCUT2D eigenvalue weighted by Crippen LogP contribution is -2.48. The van der Waals surface area contributed by atoms with E-state index in [1.807, 2.05) is 0 Å². The molecule has 1 aliphatic carbocycles. The molecule has 0 atom stereocenters. The highest BCUT2D eigenvalue weighted by Crippen LogP contribution is 2.37. The lowest BCUT2D eigenvalue weighted by atomic mass is 9.95. The number of piperazine rings is 1. The van der Waals surface area contributed by atoms with Crippen LogP contribution in [-0.2, 0) is 24.2 Å². The van der Waals surface area contributed by atoms with Crippen LogP contribution < -0.4 is 11.1 Å². The van der Waals surface area contributed by atoms with Crippen LogP contribution >= 0.6 is 11.3 Å². The molecule has 0 bridgehead atoms. The number of nitrogens with two attached hydrogens (primary N) is 1. The number of thiophene rings is 1. The quantitative estimate of drug-likeness (QED) is 0.745. The smallest absolute Gasteiger partial charge is 0.251 e. The summed E-state index contributed by atoms with van der Waals surface area (Å²) in [5, 5.41) is 3.62. The van der Waals surface area contributed by atoms with Crippen LogP contribution in [0.4, 0.5) is 5.00 Å². The Morgan fingerprint density at radius 3 is 2.50 bits per heavy atom. The lowest BCUT2D eigenvalue weighted by Gasteiger charge is -2.34. The predicted octanol–water partition coefficient (Wildman–Crippen LogP) is 2.79. The molecule has 7 heteroatoms. The van der Waals surface area contributed by atoms with Crippen molar-refractivity contribution in [3.05, 3.63) is 51.4 Å². The molecule has 2 aromatic rings. The normalized spacial score (nSPS) is 17.5. The Hall–Kier alpha value is -2.22. The third kappa shape index (κ3) is 4.74. The standard InChI is InChI=1S/C23H30N4O2S/c1-16-6-2-3-7-17(16)14-26-10-12-27(13-11-26)15-20(28)25-23-21(22(24)29)18-8-4-5-9-19(18)30-23/h2-3,6-7H,4-5,8-15H2,1H3,(H2,24,29)(H,25,28). The van der Waals surface area contributed by atoms with Crippen LogP contribution in [0.2, 0.25) is 0 Å². The Kier molecular flexibility index (Phi) is 6.51. The zero-order valence-electron chi connectivity index (χ0n) is 17.6. The molecule has 2 aliphatic rings. The molecule has 0 unspecified atom stereocenters. The number of rotatable bonds is 6. The number of carbonyl (C=O) groups excluding carboxylic acids is 2. The van der Waals surface area contributed by atoms with Crippen molar-refractivity contribution >= 4 is 28.2 Å². The average molecular weight is 427 g/mol. The maximum Gasteiger partial charge on any atom is 0.251 e. The summed E-state index contributed by atoms with van der Waals surface area (Å²) in [5.74, 6) is -0.502. The maximum absolute atomic E-state index is 12.7. The highest BCUT2D eigenvalue weighted by molar-refractivity contribution is 7.17. The average Bonchev–Trinajstić information content (AvgIpc) is 3.09. The van der Waals surface area contributed by atoms with E-state index in [0.717, 1.165) is 64.0 Å². The molecule has 4 rings (SSSR count). The van der Waals surface area contributed by atoms with E-state index < -0.39 is 5.91 Å². The van der Waals surface area contributed by atoms with Crippen molar-refractivity contribution in [1.82, 2.24) is 9.80 Å². The molecule has 1 fully saturated rings. The van der Waals surface area contributed by atoms with Gasteiger partial charge in [-0.2, -0.15) is 0 Å². The van der Waals surface area contributed by atoms with E-state index in [1.54, 1.807) is 0 Å². The van der Waals surface area contributed by atoms with Gasteiger partial charge < -0.3 is 11.1 Å². The first kappa shape index (κ1) is 21.0. The molecule has 160 valence electrons. The molecule has 0 spiro atoms. The number of aryl methyl sites for hydroxylation is 2. The predicted molar refractivity (Wildman–Crippen MR) is 121 cm³/mol. The summed E-state index contributed by atoms with van der Waals surface area (Å²) in [6, 6.07) is 8.50. The fourth-order valence-corrected chi connectivity index (χ4v) is 5.73. The number of amides is 2. The molecule has 0 saturated carbocycles. The largest absolute Gasteiger partial charge is 0.365 e. The number of hydrogen-bond donors (Lipinski definition) is 2. The summed E-state index contributed by atoms with van der Waals surface area (Å²) < 4.78 is 0. The van der Waals surface area contributed by atoms with Gasteiger partial charge in [-0.15, -0.1) is 11.3 Å². The van der Waals surface area contributed by atoms with Crippen LogP contribution in [0.15, 0.2) is 24.3 Å². The van der Waals surface area contributed by atoms with Gasteiger partial charge in [0.1, 0.15) is 5.00 Å². The van der Waals surface area contributed by atoms with E-state index in [0.29, 0.717) is 17.1 Å².